The molecule has 0 saturated carbocycles. The summed E-state index contributed by atoms with van der Waals surface area (Å²) in [6, 6.07) is 15.9. The standard InChI is InChI=1S/C22H24N4O5/c1-3-30-19-7-9-20(10-8-19)31-15-17-5-4-6-18(14-17)22(27)23-11-12-25-16(2)13-21(24-25)26(28)29/h4-10,13-14H,3,11-12,15H2,1-2H3,(H,23,27). The maximum atomic E-state index is 12.5. The van der Waals surface area contributed by atoms with Gasteiger partial charge in [0.15, 0.2) is 0 Å². The molecular formula is C22H24N4O5. The molecule has 0 atom stereocenters. The van der Waals surface area contributed by atoms with Crippen molar-refractivity contribution in [2.24, 2.45) is 0 Å². The minimum absolute atomic E-state index is 0.205. The van der Waals surface area contributed by atoms with Gasteiger partial charge >= 0.3 is 5.82 Å². The van der Waals surface area contributed by atoms with E-state index in [0.717, 1.165) is 11.3 Å². The van der Waals surface area contributed by atoms with Gasteiger partial charge in [-0.1, -0.05) is 12.1 Å². The Morgan fingerprint density at radius 2 is 1.84 bits per heavy atom. The van der Waals surface area contributed by atoms with Crippen LogP contribution in [-0.2, 0) is 13.2 Å². The Kier molecular flexibility index (Phi) is 7.21. The van der Waals surface area contributed by atoms with Gasteiger partial charge in [-0.2, -0.15) is 4.68 Å². The van der Waals surface area contributed by atoms with Crippen LogP contribution in [0.3, 0.4) is 0 Å². The predicted molar refractivity (Wildman–Crippen MR) is 114 cm³/mol. The van der Waals surface area contributed by atoms with Crippen LogP contribution in [-0.4, -0.2) is 33.8 Å². The monoisotopic (exact) mass is 424 g/mol. The number of nitro groups is 1. The number of hydrogen-bond donors (Lipinski definition) is 1. The molecule has 31 heavy (non-hydrogen) atoms. The Hall–Kier alpha value is -3.88. The summed E-state index contributed by atoms with van der Waals surface area (Å²) in [5.74, 6) is 1.06. The fraction of sp³-hybridized carbons (Fsp3) is 0.273. The minimum Gasteiger partial charge on any atom is -0.494 e. The molecule has 0 spiro atoms. The van der Waals surface area contributed by atoms with Crippen molar-refractivity contribution in [3.63, 3.8) is 0 Å². The first-order valence-corrected chi connectivity index (χ1v) is 9.88. The zero-order valence-electron chi connectivity index (χ0n) is 17.4. The second-order valence-corrected chi connectivity index (χ2v) is 6.77. The van der Waals surface area contributed by atoms with Crippen molar-refractivity contribution < 1.29 is 19.2 Å². The molecule has 162 valence electrons. The molecule has 0 unspecified atom stereocenters. The highest BCUT2D eigenvalue weighted by molar-refractivity contribution is 5.94. The van der Waals surface area contributed by atoms with Gasteiger partial charge in [0, 0.05) is 12.1 Å². The molecule has 0 saturated heterocycles. The van der Waals surface area contributed by atoms with Gasteiger partial charge in [-0.3, -0.25) is 4.79 Å². The molecular weight excluding hydrogens is 400 g/mol. The Balaban J connectivity index is 1.52. The number of nitrogens with one attached hydrogen (secondary N) is 1. The van der Waals surface area contributed by atoms with Crippen molar-refractivity contribution in [1.29, 1.82) is 0 Å². The van der Waals surface area contributed by atoms with Gasteiger partial charge in [-0.05, 0) is 60.7 Å². The first-order valence-electron chi connectivity index (χ1n) is 9.88. The molecule has 0 fully saturated rings. The lowest BCUT2D eigenvalue weighted by atomic mass is 10.1. The van der Waals surface area contributed by atoms with E-state index in [-0.39, 0.29) is 11.7 Å². The smallest absolute Gasteiger partial charge is 0.390 e. The zero-order valence-corrected chi connectivity index (χ0v) is 17.4. The topological polar surface area (TPSA) is 109 Å². The number of aromatic nitrogens is 2. The Morgan fingerprint density at radius 3 is 2.48 bits per heavy atom. The zero-order chi connectivity index (χ0) is 22.2. The third-order valence-electron chi connectivity index (χ3n) is 4.49. The number of carbonyl (C=O) groups is 1. The summed E-state index contributed by atoms with van der Waals surface area (Å²) < 4.78 is 12.7. The third kappa shape index (κ3) is 6.05. The van der Waals surface area contributed by atoms with E-state index in [9.17, 15) is 14.9 Å². The quantitative estimate of drug-likeness (QED) is 0.394. The van der Waals surface area contributed by atoms with Crippen LogP contribution in [0.5, 0.6) is 11.5 Å². The summed E-state index contributed by atoms with van der Waals surface area (Å²) in [6.07, 6.45) is 0. The van der Waals surface area contributed by atoms with Gasteiger partial charge in [0.05, 0.1) is 30.0 Å². The Labute approximate surface area is 179 Å². The van der Waals surface area contributed by atoms with E-state index >= 15 is 0 Å². The summed E-state index contributed by atoms with van der Waals surface area (Å²) in [7, 11) is 0. The molecule has 1 N–H and O–H groups in total. The van der Waals surface area contributed by atoms with Crippen LogP contribution in [0.1, 0.15) is 28.5 Å². The van der Waals surface area contributed by atoms with Crippen LogP contribution in [0.25, 0.3) is 0 Å². The fourth-order valence-electron chi connectivity index (χ4n) is 2.95. The molecule has 0 bridgehead atoms. The predicted octanol–water partition coefficient (Wildman–Crippen LogP) is 3.51. The van der Waals surface area contributed by atoms with Crippen LogP contribution in [0.2, 0.25) is 0 Å². The second-order valence-electron chi connectivity index (χ2n) is 6.77. The van der Waals surface area contributed by atoms with Gasteiger partial charge in [0.25, 0.3) is 5.91 Å². The number of nitrogens with zero attached hydrogens (tertiary/aromatic N) is 3. The molecule has 0 radical (unpaired) electrons. The van der Waals surface area contributed by atoms with E-state index in [4.69, 9.17) is 9.47 Å². The summed E-state index contributed by atoms with van der Waals surface area (Å²) in [6.45, 7) is 5.23. The molecule has 0 aliphatic heterocycles. The van der Waals surface area contributed by atoms with Crippen molar-refractivity contribution in [2.45, 2.75) is 27.0 Å². The maximum Gasteiger partial charge on any atom is 0.390 e. The van der Waals surface area contributed by atoms with Gasteiger partial charge in [0.2, 0.25) is 0 Å². The summed E-state index contributed by atoms with van der Waals surface area (Å²) >= 11 is 0. The summed E-state index contributed by atoms with van der Waals surface area (Å²) in [5, 5.41) is 17.5. The molecule has 3 aromatic rings. The van der Waals surface area contributed by atoms with Crippen LogP contribution in [0.4, 0.5) is 5.82 Å². The number of ether oxygens (including phenoxy) is 2. The molecule has 9 nitrogen and oxygen atoms in total. The van der Waals surface area contributed by atoms with E-state index in [1.165, 1.54) is 10.7 Å². The molecule has 0 aliphatic carbocycles. The third-order valence-corrected chi connectivity index (χ3v) is 4.49. The van der Waals surface area contributed by atoms with Crippen molar-refractivity contribution in [3.05, 3.63) is 81.5 Å². The SMILES string of the molecule is CCOc1ccc(OCc2cccc(C(=O)NCCn3nc([N+](=O)[O-])cc3C)c2)cc1. The highest BCUT2D eigenvalue weighted by atomic mass is 16.6. The van der Waals surface area contributed by atoms with E-state index in [0.29, 0.717) is 43.3 Å². The highest BCUT2D eigenvalue weighted by Crippen LogP contribution is 2.19. The van der Waals surface area contributed by atoms with E-state index in [2.05, 4.69) is 10.4 Å². The van der Waals surface area contributed by atoms with E-state index in [1.807, 2.05) is 37.3 Å². The maximum absolute atomic E-state index is 12.5. The highest BCUT2D eigenvalue weighted by Gasteiger charge is 2.15. The normalized spacial score (nSPS) is 10.5. The van der Waals surface area contributed by atoms with Crippen LogP contribution in [0.15, 0.2) is 54.6 Å². The molecule has 9 heteroatoms. The van der Waals surface area contributed by atoms with E-state index in [1.54, 1.807) is 25.1 Å². The van der Waals surface area contributed by atoms with Crippen molar-refractivity contribution >= 4 is 11.7 Å². The van der Waals surface area contributed by atoms with E-state index < -0.39 is 4.92 Å². The average molecular weight is 424 g/mol. The lowest BCUT2D eigenvalue weighted by Gasteiger charge is -2.09. The molecule has 3 rings (SSSR count). The number of aryl methyl sites for hydroxylation is 1. The number of benzene rings is 2. The van der Waals surface area contributed by atoms with Crippen molar-refractivity contribution in [2.75, 3.05) is 13.2 Å². The fourth-order valence-corrected chi connectivity index (χ4v) is 2.95. The number of hydrogen-bond acceptors (Lipinski definition) is 6. The Morgan fingerprint density at radius 1 is 1.13 bits per heavy atom. The molecule has 0 aliphatic rings. The van der Waals surface area contributed by atoms with Gasteiger partial charge in [-0.25, -0.2) is 0 Å². The molecule has 2 aromatic carbocycles. The van der Waals surface area contributed by atoms with Gasteiger partial charge in [-0.15, -0.1) is 0 Å². The van der Waals surface area contributed by atoms with Gasteiger partial charge in [0.1, 0.15) is 18.1 Å². The minimum atomic E-state index is -0.539. The lowest BCUT2D eigenvalue weighted by molar-refractivity contribution is -0.389. The van der Waals surface area contributed by atoms with Crippen molar-refractivity contribution in [1.82, 2.24) is 15.1 Å². The molecule has 1 amide bonds. The first-order chi connectivity index (χ1) is 15.0. The first kappa shape index (κ1) is 21.8. The second kappa shape index (κ2) is 10.2. The summed E-state index contributed by atoms with van der Waals surface area (Å²) in [4.78, 5) is 22.7. The average Bonchev–Trinajstić information content (AvgIpc) is 3.14. The molecule has 1 heterocycles. The van der Waals surface area contributed by atoms with Crippen LogP contribution >= 0.6 is 0 Å². The number of amides is 1. The molecule has 1 aromatic heterocycles. The van der Waals surface area contributed by atoms with Gasteiger partial charge < -0.3 is 24.9 Å². The number of carbonyl (C=O) groups excluding carboxylic acids is 1. The summed E-state index contributed by atoms with van der Waals surface area (Å²) in [5.41, 5.74) is 2.03. The lowest BCUT2D eigenvalue weighted by Crippen LogP contribution is -2.27. The Bertz CT molecular complexity index is 1050. The van der Waals surface area contributed by atoms with Crippen molar-refractivity contribution in [3.8, 4) is 11.5 Å². The number of rotatable bonds is 10. The largest absolute Gasteiger partial charge is 0.494 e. The van der Waals surface area contributed by atoms with Crippen LogP contribution < -0.4 is 14.8 Å². The van der Waals surface area contributed by atoms with Crippen LogP contribution in [0, 0.1) is 17.0 Å².